The Hall–Kier alpha value is -5.78. The second kappa shape index (κ2) is 10.9. The topological polar surface area (TPSA) is 19.6 Å². The Morgan fingerprint density at radius 1 is 0.593 bits per heavy atom. The second-order valence-corrected chi connectivity index (χ2v) is 21.3. The normalized spacial score (nSPS) is 14.9. The van der Waals surface area contributed by atoms with Crippen molar-refractivity contribution in [3.05, 3.63) is 151 Å². The van der Waals surface area contributed by atoms with Crippen molar-refractivity contribution in [2.75, 3.05) is 9.71 Å². The molecule has 3 aliphatic heterocycles. The molecule has 54 heavy (non-hydrogen) atoms. The van der Waals surface area contributed by atoms with Crippen LogP contribution >= 0.6 is 0 Å². The maximum Gasteiger partial charge on any atom is 0.333 e. The molecule has 0 aliphatic carbocycles. The fraction of sp³-hybridized carbons (Fsp3) is 0.143. The highest BCUT2D eigenvalue weighted by Crippen LogP contribution is 2.52. The standard InChI is InChI=1S/C49H41BN2OSi/c1-30-27-36-33-18-14-22-44-47(33)52(39-19-11-13-21-43(39)54(44,5)6)50-37-24-26-42-45(34-17-10-12-20-41(34)53-42)48(37)51(40(28-30)46(36)50)38-25-23-32(49(2,3)4)29-35(38)31-15-8-7-9-16-31/h7-29H,1-6H3. The van der Waals surface area contributed by atoms with Crippen molar-refractivity contribution in [1.82, 2.24) is 0 Å². The molecule has 11 rings (SSSR count). The maximum absolute atomic E-state index is 6.69. The Balaban J connectivity index is 1.33. The van der Waals surface area contributed by atoms with Crippen molar-refractivity contribution in [1.29, 1.82) is 0 Å². The predicted molar refractivity (Wildman–Crippen MR) is 233 cm³/mol. The average Bonchev–Trinajstić information content (AvgIpc) is 3.56. The number of furan rings is 1. The van der Waals surface area contributed by atoms with Gasteiger partial charge in [0.25, 0.3) is 0 Å². The minimum Gasteiger partial charge on any atom is -0.456 e. The molecule has 0 saturated heterocycles. The first-order chi connectivity index (χ1) is 26.1. The highest BCUT2D eigenvalue weighted by atomic mass is 28.3. The molecule has 3 nitrogen and oxygen atoms in total. The zero-order valence-corrected chi connectivity index (χ0v) is 32.7. The Morgan fingerprint density at radius 3 is 2.19 bits per heavy atom. The lowest BCUT2D eigenvalue weighted by atomic mass is 9.43. The molecule has 8 aromatic rings. The first-order valence-electron chi connectivity index (χ1n) is 19.2. The summed E-state index contributed by atoms with van der Waals surface area (Å²) >= 11 is 0. The van der Waals surface area contributed by atoms with E-state index < -0.39 is 8.07 Å². The van der Waals surface area contributed by atoms with Gasteiger partial charge in [0, 0.05) is 33.6 Å². The summed E-state index contributed by atoms with van der Waals surface area (Å²) in [6.45, 7) is 14.2. The third-order valence-electron chi connectivity index (χ3n) is 12.4. The third-order valence-corrected chi connectivity index (χ3v) is 15.9. The Morgan fingerprint density at radius 2 is 1.35 bits per heavy atom. The predicted octanol–water partition coefficient (Wildman–Crippen LogP) is 10.7. The van der Waals surface area contributed by atoms with Gasteiger partial charge in [0.1, 0.15) is 19.2 Å². The van der Waals surface area contributed by atoms with E-state index in [9.17, 15) is 0 Å². The number of para-hydroxylation sites is 3. The van der Waals surface area contributed by atoms with Crippen molar-refractivity contribution in [3.8, 4) is 22.3 Å². The van der Waals surface area contributed by atoms with Gasteiger partial charge in [-0.1, -0.05) is 137 Å². The lowest BCUT2D eigenvalue weighted by Gasteiger charge is -2.51. The van der Waals surface area contributed by atoms with Crippen molar-refractivity contribution in [2.24, 2.45) is 0 Å². The number of benzene rings is 7. The maximum atomic E-state index is 6.69. The van der Waals surface area contributed by atoms with Gasteiger partial charge in [-0.15, -0.1) is 0 Å². The Kier molecular flexibility index (Phi) is 6.40. The van der Waals surface area contributed by atoms with Crippen molar-refractivity contribution in [3.63, 3.8) is 0 Å². The summed E-state index contributed by atoms with van der Waals surface area (Å²) in [6, 6.07) is 52.5. The van der Waals surface area contributed by atoms with Gasteiger partial charge >= 0.3 is 6.85 Å². The molecule has 0 radical (unpaired) electrons. The van der Waals surface area contributed by atoms with E-state index in [0.29, 0.717) is 0 Å². The molecule has 0 fully saturated rings. The minimum atomic E-state index is -2.02. The molecular formula is C49H41BN2OSi. The van der Waals surface area contributed by atoms with Crippen LogP contribution in [0.4, 0.5) is 28.4 Å². The summed E-state index contributed by atoms with van der Waals surface area (Å²) in [5.41, 5.74) is 18.5. The van der Waals surface area contributed by atoms with E-state index in [-0.39, 0.29) is 12.3 Å². The van der Waals surface area contributed by atoms with Crippen LogP contribution in [0.5, 0.6) is 0 Å². The molecule has 260 valence electrons. The molecule has 0 bridgehead atoms. The zero-order valence-electron chi connectivity index (χ0n) is 31.7. The van der Waals surface area contributed by atoms with Gasteiger partial charge in [-0.25, -0.2) is 0 Å². The largest absolute Gasteiger partial charge is 0.456 e. The highest BCUT2D eigenvalue weighted by molar-refractivity contribution is 7.05. The summed E-state index contributed by atoms with van der Waals surface area (Å²) < 4.78 is 6.69. The molecule has 0 amide bonds. The van der Waals surface area contributed by atoms with Crippen LogP contribution in [-0.2, 0) is 5.41 Å². The number of hydrogen-bond donors (Lipinski definition) is 0. The van der Waals surface area contributed by atoms with E-state index in [1.807, 2.05) is 0 Å². The van der Waals surface area contributed by atoms with Gasteiger partial charge in [0.05, 0.1) is 16.8 Å². The van der Waals surface area contributed by atoms with Crippen LogP contribution in [-0.4, -0.2) is 14.9 Å². The van der Waals surface area contributed by atoms with Gasteiger partial charge in [0.15, 0.2) is 0 Å². The molecule has 7 aromatic carbocycles. The van der Waals surface area contributed by atoms with E-state index in [0.717, 1.165) is 21.9 Å². The Bertz CT molecular complexity index is 2880. The molecular weight excluding hydrogens is 671 g/mol. The van der Waals surface area contributed by atoms with E-state index in [2.05, 4.69) is 190 Å². The molecule has 0 atom stereocenters. The van der Waals surface area contributed by atoms with Crippen LogP contribution in [0, 0.1) is 6.92 Å². The van der Waals surface area contributed by atoms with Crippen molar-refractivity contribution >= 4 is 86.6 Å². The van der Waals surface area contributed by atoms with E-state index >= 15 is 0 Å². The molecule has 4 heterocycles. The smallest absolute Gasteiger partial charge is 0.333 e. The number of rotatable bonds is 2. The number of fused-ring (bicyclic) bond motifs is 10. The third kappa shape index (κ3) is 4.19. The monoisotopic (exact) mass is 712 g/mol. The number of anilines is 5. The van der Waals surface area contributed by atoms with E-state index in [1.54, 1.807) is 0 Å². The SMILES string of the molecule is Cc1cc2c3c(c1)N(c1ccc(C(C)(C)C)cc1-c1ccccc1)c1c(ccc4oc5ccccc5c14)B3N1c3ccccc3[Si](C)(C)c3cccc-2c31. The van der Waals surface area contributed by atoms with Crippen LogP contribution in [0.2, 0.25) is 13.1 Å². The van der Waals surface area contributed by atoms with Gasteiger partial charge < -0.3 is 14.1 Å². The minimum absolute atomic E-state index is 0.0103. The average molecular weight is 713 g/mol. The molecule has 5 heteroatoms. The van der Waals surface area contributed by atoms with Gasteiger partial charge in [0.2, 0.25) is 0 Å². The lowest BCUT2D eigenvalue weighted by Crippen LogP contribution is -2.68. The van der Waals surface area contributed by atoms with Gasteiger partial charge in [-0.05, 0) is 92.3 Å². The first-order valence-corrected chi connectivity index (χ1v) is 22.2. The molecule has 0 unspecified atom stereocenters. The van der Waals surface area contributed by atoms with Gasteiger partial charge in [-0.2, -0.15) is 0 Å². The van der Waals surface area contributed by atoms with Gasteiger partial charge in [-0.3, -0.25) is 0 Å². The lowest BCUT2D eigenvalue weighted by molar-refractivity contribution is 0.590. The van der Waals surface area contributed by atoms with E-state index in [1.165, 1.54) is 83.1 Å². The zero-order chi connectivity index (χ0) is 36.7. The molecule has 1 aromatic heterocycles. The van der Waals surface area contributed by atoms with Crippen LogP contribution in [0.25, 0.3) is 44.2 Å². The molecule has 0 N–H and O–H groups in total. The van der Waals surface area contributed by atoms with Crippen LogP contribution in [0.15, 0.2) is 144 Å². The number of hydrogen-bond acceptors (Lipinski definition) is 3. The van der Waals surface area contributed by atoms with Crippen LogP contribution in [0.3, 0.4) is 0 Å². The molecule has 0 saturated carbocycles. The van der Waals surface area contributed by atoms with Crippen LogP contribution in [0.1, 0.15) is 31.9 Å². The number of nitrogens with zero attached hydrogens (tertiary/aromatic N) is 2. The quantitative estimate of drug-likeness (QED) is 0.166. The van der Waals surface area contributed by atoms with E-state index in [4.69, 9.17) is 4.42 Å². The fourth-order valence-electron chi connectivity index (χ4n) is 9.86. The summed E-state index contributed by atoms with van der Waals surface area (Å²) in [5.74, 6) is 0. The van der Waals surface area contributed by atoms with Crippen molar-refractivity contribution in [2.45, 2.75) is 46.2 Å². The summed E-state index contributed by atoms with van der Waals surface area (Å²) in [4.78, 5) is 5.31. The van der Waals surface area contributed by atoms with Crippen LogP contribution < -0.4 is 31.0 Å². The fourth-order valence-corrected chi connectivity index (χ4v) is 12.9. The summed E-state index contributed by atoms with van der Waals surface area (Å²) in [6.07, 6.45) is 0. The molecule has 0 spiro atoms. The highest BCUT2D eigenvalue weighted by Gasteiger charge is 2.51. The number of aryl methyl sites for hydroxylation is 1. The second-order valence-electron chi connectivity index (χ2n) is 17.0. The molecule has 3 aliphatic rings. The summed E-state index contributed by atoms with van der Waals surface area (Å²) in [5, 5.41) is 5.31. The first kappa shape index (κ1) is 31.7. The Labute approximate surface area is 318 Å². The van der Waals surface area contributed by atoms with Crippen molar-refractivity contribution < 1.29 is 4.42 Å². The summed E-state index contributed by atoms with van der Waals surface area (Å²) in [7, 11) is -2.02.